The van der Waals surface area contributed by atoms with E-state index < -0.39 is 0 Å². The molecule has 2 rings (SSSR count). The maximum absolute atomic E-state index is 3.65. The highest BCUT2D eigenvalue weighted by Crippen LogP contribution is 2.29. The summed E-state index contributed by atoms with van der Waals surface area (Å²) in [4.78, 5) is 0. The molecule has 1 saturated carbocycles. The van der Waals surface area contributed by atoms with E-state index in [1.165, 1.54) is 25.7 Å². The smallest absolute Gasteiger partial charge is 0.0328 e. The predicted octanol–water partition coefficient (Wildman–Crippen LogP) is 2.81. The van der Waals surface area contributed by atoms with Crippen LogP contribution in [0.1, 0.15) is 46.5 Å². The van der Waals surface area contributed by atoms with E-state index in [2.05, 4.69) is 37.9 Å². The van der Waals surface area contributed by atoms with E-state index in [4.69, 9.17) is 0 Å². The van der Waals surface area contributed by atoms with Crippen LogP contribution in [-0.2, 0) is 0 Å². The summed E-state index contributed by atoms with van der Waals surface area (Å²) < 4.78 is 0. The Balaban J connectivity index is 1.79. The molecular weight excluding hydrogens is 182 g/mol. The Morgan fingerprint density at radius 2 is 1.53 bits per heavy atom. The molecule has 0 aromatic carbocycles. The van der Waals surface area contributed by atoms with Gasteiger partial charge in [0.1, 0.15) is 0 Å². The average molecular weight is 205 g/mol. The summed E-state index contributed by atoms with van der Waals surface area (Å²) in [5.74, 6) is 8.20. The lowest BCUT2D eigenvalue weighted by atomic mass is 9.80. The molecule has 1 heterocycles. The first kappa shape index (κ1) is 11.0. The molecule has 1 saturated heterocycles. The van der Waals surface area contributed by atoms with Crippen molar-refractivity contribution >= 4 is 0 Å². The van der Waals surface area contributed by atoms with Crippen molar-refractivity contribution < 1.29 is 0 Å². The van der Waals surface area contributed by atoms with Crippen LogP contribution < -0.4 is 5.32 Å². The van der Waals surface area contributed by atoms with Crippen LogP contribution in [0.2, 0.25) is 0 Å². The predicted molar refractivity (Wildman–Crippen MR) is 64.5 cm³/mol. The molecule has 84 valence electrons. The first-order valence-electron chi connectivity index (χ1n) is 6.30. The molecule has 2 unspecified atom stereocenters. The summed E-state index contributed by atoms with van der Waals surface area (Å²) in [6.45, 7) is 8.06. The average Bonchev–Trinajstić information content (AvgIpc) is 2.97. The summed E-state index contributed by atoms with van der Waals surface area (Å²) in [6, 6.07) is 0.677. The fourth-order valence-electron chi connectivity index (χ4n) is 2.18. The van der Waals surface area contributed by atoms with Gasteiger partial charge in [0, 0.05) is 24.4 Å². The van der Waals surface area contributed by atoms with Crippen molar-refractivity contribution in [3.63, 3.8) is 0 Å². The Kier molecular flexibility index (Phi) is 3.07. The van der Waals surface area contributed by atoms with E-state index in [-0.39, 0.29) is 0 Å². The Morgan fingerprint density at radius 3 is 2.00 bits per heavy atom. The molecule has 15 heavy (non-hydrogen) atoms. The fraction of sp³-hybridized carbons (Fsp3) is 0.857. The van der Waals surface area contributed by atoms with Crippen molar-refractivity contribution in [2.75, 3.05) is 6.54 Å². The standard InChI is InChI=1S/C14H23N/c1-14(2,3)13-9-8-12(10-15-13)7-6-11-4-5-11/h11-13,15H,4-5,8-10H2,1-3H3. The second-order valence-corrected chi connectivity index (χ2v) is 6.16. The van der Waals surface area contributed by atoms with Crippen LogP contribution in [0, 0.1) is 29.1 Å². The Hall–Kier alpha value is -0.480. The SMILES string of the molecule is CC(C)(C)C1CCC(C#CC2CC2)CN1. The molecule has 2 fully saturated rings. The van der Waals surface area contributed by atoms with Gasteiger partial charge >= 0.3 is 0 Å². The summed E-state index contributed by atoms with van der Waals surface area (Å²) in [6.07, 6.45) is 5.26. The van der Waals surface area contributed by atoms with Gasteiger partial charge in [0.25, 0.3) is 0 Å². The zero-order chi connectivity index (χ0) is 10.9. The lowest BCUT2D eigenvalue weighted by molar-refractivity contribution is 0.210. The van der Waals surface area contributed by atoms with Crippen LogP contribution in [0.4, 0.5) is 0 Å². The quantitative estimate of drug-likeness (QED) is 0.600. The molecular formula is C14H23N. The molecule has 0 spiro atoms. The van der Waals surface area contributed by atoms with E-state index >= 15 is 0 Å². The van der Waals surface area contributed by atoms with Crippen LogP contribution in [0.25, 0.3) is 0 Å². The van der Waals surface area contributed by atoms with Crippen LogP contribution in [0.15, 0.2) is 0 Å². The molecule has 1 aliphatic heterocycles. The highest BCUT2D eigenvalue weighted by molar-refractivity contribution is 5.13. The van der Waals surface area contributed by atoms with Gasteiger partial charge < -0.3 is 5.32 Å². The minimum Gasteiger partial charge on any atom is -0.312 e. The molecule has 0 bridgehead atoms. The minimum atomic E-state index is 0.398. The molecule has 1 aliphatic carbocycles. The van der Waals surface area contributed by atoms with Gasteiger partial charge in [-0.1, -0.05) is 32.6 Å². The number of nitrogens with one attached hydrogen (secondary N) is 1. The van der Waals surface area contributed by atoms with Crippen LogP contribution in [0.5, 0.6) is 0 Å². The van der Waals surface area contributed by atoms with Crippen molar-refractivity contribution in [1.29, 1.82) is 0 Å². The monoisotopic (exact) mass is 205 g/mol. The number of hydrogen-bond acceptors (Lipinski definition) is 1. The Labute approximate surface area is 94.0 Å². The first-order valence-corrected chi connectivity index (χ1v) is 6.30. The third-order valence-electron chi connectivity index (χ3n) is 3.53. The zero-order valence-corrected chi connectivity index (χ0v) is 10.3. The summed E-state index contributed by atoms with van der Waals surface area (Å²) >= 11 is 0. The van der Waals surface area contributed by atoms with E-state index in [0.29, 0.717) is 17.4 Å². The largest absolute Gasteiger partial charge is 0.312 e. The molecule has 0 aromatic rings. The van der Waals surface area contributed by atoms with E-state index in [1.807, 2.05) is 0 Å². The summed E-state index contributed by atoms with van der Waals surface area (Å²) in [7, 11) is 0. The second kappa shape index (κ2) is 4.18. The number of hydrogen-bond donors (Lipinski definition) is 1. The molecule has 0 aromatic heterocycles. The van der Waals surface area contributed by atoms with Crippen molar-refractivity contribution in [2.45, 2.75) is 52.5 Å². The molecule has 1 heteroatoms. The first-order chi connectivity index (χ1) is 7.05. The maximum Gasteiger partial charge on any atom is 0.0328 e. The van der Waals surface area contributed by atoms with Gasteiger partial charge in [-0.25, -0.2) is 0 Å². The van der Waals surface area contributed by atoms with Gasteiger partial charge in [0.15, 0.2) is 0 Å². The van der Waals surface area contributed by atoms with Crippen molar-refractivity contribution in [3.8, 4) is 11.8 Å². The Morgan fingerprint density at radius 1 is 0.933 bits per heavy atom. The molecule has 1 N–H and O–H groups in total. The lowest BCUT2D eigenvalue weighted by Gasteiger charge is -2.36. The van der Waals surface area contributed by atoms with Crippen LogP contribution in [0.3, 0.4) is 0 Å². The third kappa shape index (κ3) is 3.24. The molecule has 2 atom stereocenters. The molecule has 0 radical (unpaired) electrons. The third-order valence-corrected chi connectivity index (χ3v) is 3.53. The van der Waals surface area contributed by atoms with Gasteiger partial charge in [0.05, 0.1) is 0 Å². The van der Waals surface area contributed by atoms with Crippen LogP contribution >= 0.6 is 0 Å². The lowest BCUT2D eigenvalue weighted by Crippen LogP contribution is -2.46. The summed E-state index contributed by atoms with van der Waals surface area (Å²) in [5.41, 5.74) is 0.398. The molecule has 1 nitrogen and oxygen atoms in total. The Bertz CT molecular complexity index is 264. The maximum atomic E-state index is 3.65. The summed E-state index contributed by atoms with van der Waals surface area (Å²) in [5, 5.41) is 3.65. The van der Waals surface area contributed by atoms with E-state index in [1.54, 1.807) is 0 Å². The highest BCUT2D eigenvalue weighted by Gasteiger charge is 2.28. The van der Waals surface area contributed by atoms with Crippen LogP contribution in [-0.4, -0.2) is 12.6 Å². The van der Waals surface area contributed by atoms with E-state index in [9.17, 15) is 0 Å². The van der Waals surface area contributed by atoms with Crippen molar-refractivity contribution in [1.82, 2.24) is 5.32 Å². The fourth-order valence-corrected chi connectivity index (χ4v) is 2.18. The number of piperidine rings is 1. The van der Waals surface area contributed by atoms with E-state index in [0.717, 1.165) is 12.5 Å². The molecule has 0 amide bonds. The highest BCUT2D eigenvalue weighted by atomic mass is 14.9. The molecule has 2 aliphatic rings. The van der Waals surface area contributed by atoms with Gasteiger partial charge in [-0.15, -0.1) is 0 Å². The minimum absolute atomic E-state index is 0.398. The van der Waals surface area contributed by atoms with Crippen molar-refractivity contribution in [3.05, 3.63) is 0 Å². The second-order valence-electron chi connectivity index (χ2n) is 6.16. The van der Waals surface area contributed by atoms with Gasteiger partial charge in [0.2, 0.25) is 0 Å². The van der Waals surface area contributed by atoms with Gasteiger partial charge in [-0.05, 0) is 31.1 Å². The van der Waals surface area contributed by atoms with Gasteiger partial charge in [-0.3, -0.25) is 0 Å². The number of rotatable bonds is 0. The normalized spacial score (nSPS) is 31.9. The van der Waals surface area contributed by atoms with Crippen molar-refractivity contribution in [2.24, 2.45) is 17.3 Å². The zero-order valence-electron chi connectivity index (χ0n) is 10.3. The topological polar surface area (TPSA) is 12.0 Å². The van der Waals surface area contributed by atoms with Gasteiger partial charge in [-0.2, -0.15) is 0 Å².